The van der Waals surface area contributed by atoms with Crippen LogP contribution in [0.5, 0.6) is 0 Å². The number of nitrogens with one attached hydrogen (secondary N) is 1. The third-order valence-electron chi connectivity index (χ3n) is 4.23. The van der Waals surface area contributed by atoms with E-state index in [1.165, 1.54) is 22.1 Å². The van der Waals surface area contributed by atoms with Crippen LogP contribution in [0.4, 0.5) is 5.13 Å². The molecule has 0 saturated carbocycles. The Morgan fingerprint density at radius 3 is 2.75 bits per heavy atom. The van der Waals surface area contributed by atoms with E-state index in [0.717, 1.165) is 5.00 Å². The summed E-state index contributed by atoms with van der Waals surface area (Å²) in [6, 6.07) is 8.15. The summed E-state index contributed by atoms with van der Waals surface area (Å²) < 4.78 is 2.02. The van der Waals surface area contributed by atoms with Crippen LogP contribution in [0.3, 0.4) is 0 Å². The molecule has 1 fully saturated rings. The summed E-state index contributed by atoms with van der Waals surface area (Å²) in [5, 5.41) is 15.6. The van der Waals surface area contributed by atoms with Gasteiger partial charge in [0.25, 0.3) is 0 Å². The number of amides is 1. The Labute approximate surface area is 142 Å². The van der Waals surface area contributed by atoms with E-state index >= 15 is 0 Å². The van der Waals surface area contributed by atoms with Crippen LogP contribution in [-0.4, -0.2) is 33.4 Å². The van der Waals surface area contributed by atoms with Gasteiger partial charge in [-0.05, 0) is 17.2 Å². The summed E-state index contributed by atoms with van der Waals surface area (Å²) in [6.07, 6.45) is 8.66. The van der Waals surface area contributed by atoms with Crippen molar-refractivity contribution < 1.29 is 4.79 Å². The van der Waals surface area contributed by atoms with Gasteiger partial charge in [0.1, 0.15) is 5.00 Å². The second-order valence-corrected chi connectivity index (χ2v) is 6.83. The Morgan fingerprint density at radius 2 is 2.08 bits per heavy atom. The van der Waals surface area contributed by atoms with Crippen molar-refractivity contribution in [2.24, 2.45) is 5.92 Å². The van der Waals surface area contributed by atoms with Crippen molar-refractivity contribution >= 4 is 33.1 Å². The number of thiazole rings is 1. The van der Waals surface area contributed by atoms with Gasteiger partial charge in [0.15, 0.2) is 11.3 Å². The number of nitriles is 1. The molecular formula is C17H15N5OS. The molecule has 3 aromatic rings. The molecule has 1 N–H and O–H groups in total. The maximum absolute atomic E-state index is 12.3. The molecule has 1 saturated heterocycles. The van der Waals surface area contributed by atoms with Crippen molar-refractivity contribution in [2.45, 2.75) is 6.42 Å². The van der Waals surface area contributed by atoms with E-state index in [4.69, 9.17) is 5.26 Å². The lowest BCUT2D eigenvalue weighted by Crippen LogP contribution is -2.25. The summed E-state index contributed by atoms with van der Waals surface area (Å²) >= 11 is 1.44. The Balaban J connectivity index is 1.49. The van der Waals surface area contributed by atoms with Gasteiger partial charge >= 0.3 is 0 Å². The molecule has 1 aliphatic rings. The highest BCUT2D eigenvalue weighted by molar-refractivity contribution is 7.18. The van der Waals surface area contributed by atoms with Gasteiger partial charge in [-0.15, -0.1) is 0 Å². The number of aromatic nitrogens is 2. The Kier molecular flexibility index (Phi) is 3.67. The number of anilines is 1. The quantitative estimate of drug-likeness (QED) is 0.746. The second kappa shape index (κ2) is 5.98. The highest BCUT2D eigenvalue weighted by atomic mass is 32.1. The maximum Gasteiger partial charge on any atom is 0.231 e. The van der Waals surface area contributed by atoms with Crippen LogP contribution in [0.1, 0.15) is 6.42 Å². The summed E-state index contributed by atoms with van der Waals surface area (Å²) in [5.41, 5.74) is 0. The molecule has 2 aromatic heterocycles. The fourth-order valence-electron chi connectivity index (χ4n) is 2.93. The largest absolute Gasteiger partial charge is 0.313 e. The average Bonchev–Trinajstić information content (AvgIpc) is 3.32. The first kappa shape index (κ1) is 14.7. The minimum atomic E-state index is -0.147. The van der Waals surface area contributed by atoms with E-state index in [0.29, 0.717) is 24.6 Å². The minimum absolute atomic E-state index is 0.0636. The van der Waals surface area contributed by atoms with E-state index < -0.39 is 0 Å². The molecule has 0 spiro atoms. The zero-order valence-electron chi connectivity index (χ0n) is 12.8. The number of fused-ring (bicyclic) bond motifs is 1. The van der Waals surface area contributed by atoms with Crippen molar-refractivity contribution in [1.82, 2.24) is 14.5 Å². The normalized spacial score (nSPS) is 17.1. The molecule has 7 heteroatoms. The van der Waals surface area contributed by atoms with Crippen LogP contribution in [0.2, 0.25) is 0 Å². The van der Waals surface area contributed by atoms with Crippen LogP contribution in [-0.2, 0) is 4.79 Å². The molecule has 0 bridgehead atoms. The van der Waals surface area contributed by atoms with Crippen molar-refractivity contribution in [3.05, 3.63) is 42.9 Å². The van der Waals surface area contributed by atoms with E-state index in [1.54, 1.807) is 11.1 Å². The monoisotopic (exact) mass is 337 g/mol. The number of nitrogens with zero attached hydrogens (tertiary/aromatic N) is 4. The SMILES string of the molecule is N#CN1CC[C@H](C(=O)Nc2ncc(-n3cc4ccccc4c3)s2)C1. The van der Waals surface area contributed by atoms with Crippen molar-refractivity contribution in [1.29, 1.82) is 5.26 Å². The number of benzene rings is 1. The van der Waals surface area contributed by atoms with Crippen molar-refractivity contribution in [3.8, 4) is 11.2 Å². The first-order chi connectivity index (χ1) is 11.7. The van der Waals surface area contributed by atoms with E-state index in [1.807, 2.05) is 16.7 Å². The fourth-order valence-corrected chi connectivity index (χ4v) is 3.70. The zero-order valence-corrected chi connectivity index (χ0v) is 13.7. The molecule has 6 nitrogen and oxygen atoms in total. The number of hydrogen-bond donors (Lipinski definition) is 1. The lowest BCUT2D eigenvalue weighted by molar-refractivity contribution is -0.119. The first-order valence-electron chi connectivity index (χ1n) is 7.71. The van der Waals surface area contributed by atoms with Gasteiger partial charge in [0.2, 0.25) is 5.91 Å². The number of likely N-dealkylation sites (tertiary alicyclic amines) is 1. The van der Waals surface area contributed by atoms with Crippen LogP contribution in [0.25, 0.3) is 15.8 Å². The Bertz CT molecular complexity index is 905. The van der Waals surface area contributed by atoms with Gasteiger partial charge in [0.05, 0.1) is 12.1 Å². The molecule has 0 unspecified atom stereocenters. The van der Waals surface area contributed by atoms with Gasteiger partial charge < -0.3 is 14.8 Å². The van der Waals surface area contributed by atoms with E-state index in [2.05, 4.69) is 41.0 Å². The first-order valence-corrected chi connectivity index (χ1v) is 8.53. The van der Waals surface area contributed by atoms with Crippen LogP contribution >= 0.6 is 11.3 Å². The van der Waals surface area contributed by atoms with Gasteiger partial charge in [-0.3, -0.25) is 4.79 Å². The van der Waals surface area contributed by atoms with Crippen LogP contribution < -0.4 is 5.32 Å². The van der Waals surface area contributed by atoms with Gasteiger partial charge in [0, 0.05) is 25.5 Å². The molecule has 1 atom stereocenters. The van der Waals surface area contributed by atoms with E-state index in [9.17, 15) is 4.79 Å². The van der Waals surface area contributed by atoms with E-state index in [-0.39, 0.29) is 11.8 Å². The second-order valence-electron chi connectivity index (χ2n) is 5.82. The smallest absolute Gasteiger partial charge is 0.231 e. The lowest BCUT2D eigenvalue weighted by atomic mass is 10.1. The van der Waals surface area contributed by atoms with Gasteiger partial charge in [-0.25, -0.2) is 4.98 Å². The molecule has 0 aliphatic carbocycles. The van der Waals surface area contributed by atoms with Gasteiger partial charge in [-0.1, -0.05) is 35.6 Å². The van der Waals surface area contributed by atoms with Gasteiger partial charge in [-0.2, -0.15) is 5.26 Å². The van der Waals surface area contributed by atoms with Crippen LogP contribution in [0, 0.1) is 17.4 Å². The maximum atomic E-state index is 12.3. The zero-order chi connectivity index (χ0) is 16.5. The molecule has 24 heavy (non-hydrogen) atoms. The molecule has 0 radical (unpaired) electrons. The molecule has 3 heterocycles. The number of rotatable bonds is 3. The number of carbonyl (C=O) groups is 1. The third kappa shape index (κ3) is 2.72. The predicted octanol–water partition coefficient (Wildman–Crippen LogP) is 2.83. The molecule has 1 aliphatic heterocycles. The molecule has 4 rings (SSSR count). The summed E-state index contributed by atoms with van der Waals surface area (Å²) in [7, 11) is 0. The summed E-state index contributed by atoms with van der Waals surface area (Å²) in [4.78, 5) is 18.2. The molecular weight excluding hydrogens is 322 g/mol. The fraction of sp³-hybridized carbons (Fsp3) is 0.235. The predicted molar refractivity (Wildman–Crippen MR) is 92.9 cm³/mol. The standard InChI is InChI=1S/C17H15N5OS/c18-11-21-6-5-14(8-21)16(23)20-17-19-7-15(24-17)22-9-12-3-1-2-4-13(12)10-22/h1-4,7,9-10,14H,5-6,8H2,(H,19,20,23)/t14-/m0/s1. The molecule has 120 valence electrons. The number of carbonyl (C=O) groups excluding carboxylic acids is 1. The highest BCUT2D eigenvalue weighted by Crippen LogP contribution is 2.26. The topological polar surface area (TPSA) is 74.0 Å². The number of hydrogen-bond acceptors (Lipinski definition) is 5. The summed E-state index contributed by atoms with van der Waals surface area (Å²) in [5.74, 6) is -0.211. The van der Waals surface area contributed by atoms with Crippen LogP contribution in [0.15, 0.2) is 42.9 Å². The lowest BCUT2D eigenvalue weighted by Gasteiger charge is -2.08. The van der Waals surface area contributed by atoms with Crippen molar-refractivity contribution in [2.75, 3.05) is 18.4 Å². The van der Waals surface area contributed by atoms with Crippen molar-refractivity contribution in [3.63, 3.8) is 0 Å². The Morgan fingerprint density at radius 1 is 1.33 bits per heavy atom. The Hall–Kier alpha value is -2.85. The highest BCUT2D eigenvalue weighted by Gasteiger charge is 2.28. The third-order valence-corrected chi connectivity index (χ3v) is 5.16. The average molecular weight is 337 g/mol. The summed E-state index contributed by atoms with van der Waals surface area (Å²) in [6.45, 7) is 1.14. The molecule has 1 aromatic carbocycles. The molecule has 1 amide bonds. The minimum Gasteiger partial charge on any atom is -0.313 e.